The average Bonchev–Trinajstić information content (AvgIpc) is 2.88. The van der Waals surface area contributed by atoms with E-state index >= 15 is 0 Å². The van der Waals surface area contributed by atoms with Crippen molar-refractivity contribution >= 4 is 15.7 Å². The molecule has 0 amide bonds. The third kappa shape index (κ3) is 2.74. The Kier molecular flexibility index (Phi) is 4.42. The summed E-state index contributed by atoms with van der Waals surface area (Å²) in [5, 5.41) is 3.22. The highest BCUT2D eigenvalue weighted by molar-refractivity contribution is 7.89. The number of sulfonamides is 1. The molecule has 0 aliphatic carbocycles. The first-order valence-electron chi connectivity index (χ1n) is 6.82. The number of anilines is 1. The Morgan fingerprint density at radius 3 is 2.95 bits per heavy atom. The van der Waals surface area contributed by atoms with E-state index in [9.17, 15) is 8.42 Å². The number of aromatic nitrogens is 1. The SMILES string of the molecule is CCNc1cccnc1S(=O)(=O)N1CCCC1CC. The van der Waals surface area contributed by atoms with Crippen molar-refractivity contribution in [2.75, 3.05) is 18.4 Å². The van der Waals surface area contributed by atoms with Crippen LogP contribution in [0.2, 0.25) is 0 Å². The molecule has 5 nitrogen and oxygen atoms in total. The van der Waals surface area contributed by atoms with Crippen LogP contribution in [0.3, 0.4) is 0 Å². The van der Waals surface area contributed by atoms with Crippen molar-refractivity contribution in [1.82, 2.24) is 9.29 Å². The number of hydrogen-bond donors (Lipinski definition) is 1. The van der Waals surface area contributed by atoms with Crippen molar-refractivity contribution in [3.8, 4) is 0 Å². The van der Waals surface area contributed by atoms with Crippen LogP contribution in [0.4, 0.5) is 5.69 Å². The summed E-state index contributed by atoms with van der Waals surface area (Å²) in [5.74, 6) is 0. The molecule has 2 heterocycles. The van der Waals surface area contributed by atoms with Crippen molar-refractivity contribution in [3.63, 3.8) is 0 Å². The Hall–Kier alpha value is -1.14. The third-order valence-corrected chi connectivity index (χ3v) is 5.40. The van der Waals surface area contributed by atoms with Crippen molar-refractivity contribution in [1.29, 1.82) is 0 Å². The van der Waals surface area contributed by atoms with Crippen molar-refractivity contribution in [3.05, 3.63) is 18.3 Å². The number of pyridine rings is 1. The Labute approximate surface area is 115 Å². The molecule has 0 radical (unpaired) electrons. The van der Waals surface area contributed by atoms with E-state index in [4.69, 9.17) is 0 Å². The second kappa shape index (κ2) is 5.88. The highest BCUT2D eigenvalue weighted by Gasteiger charge is 2.36. The fourth-order valence-corrected chi connectivity index (χ4v) is 4.42. The summed E-state index contributed by atoms with van der Waals surface area (Å²) in [6, 6.07) is 3.63. The van der Waals surface area contributed by atoms with Crippen LogP contribution in [0.15, 0.2) is 23.4 Å². The fraction of sp³-hybridized carbons (Fsp3) is 0.615. The Morgan fingerprint density at radius 1 is 1.47 bits per heavy atom. The predicted molar refractivity (Wildman–Crippen MR) is 75.6 cm³/mol. The quantitative estimate of drug-likeness (QED) is 0.898. The van der Waals surface area contributed by atoms with Gasteiger partial charge < -0.3 is 5.32 Å². The largest absolute Gasteiger partial charge is 0.383 e. The molecule has 1 aliphatic rings. The fourth-order valence-electron chi connectivity index (χ4n) is 2.57. The van der Waals surface area contributed by atoms with Gasteiger partial charge in [0.15, 0.2) is 5.03 Å². The maximum atomic E-state index is 12.7. The van der Waals surface area contributed by atoms with Crippen molar-refractivity contribution < 1.29 is 8.42 Å². The van der Waals surface area contributed by atoms with Crippen LogP contribution in [-0.2, 0) is 10.0 Å². The summed E-state index contributed by atoms with van der Waals surface area (Å²) >= 11 is 0. The van der Waals surface area contributed by atoms with Gasteiger partial charge in [-0.3, -0.25) is 0 Å². The monoisotopic (exact) mass is 283 g/mol. The molecule has 1 saturated heterocycles. The van der Waals surface area contributed by atoms with E-state index in [1.54, 1.807) is 16.4 Å². The molecule has 19 heavy (non-hydrogen) atoms. The van der Waals surface area contributed by atoms with Gasteiger partial charge in [-0.15, -0.1) is 0 Å². The Balaban J connectivity index is 2.39. The maximum Gasteiger partial charge on any atom is 0.262 e. The van der Waals surface area contributed by atoms with Crippen LogP contribution in [0.1, 0.15) is 33.1 Å². The zero-order valence-electron chi connectivity index (χ0n) is 11.5. The van der Waals surface area contributed by atoms with Gasteiger partial charge in [0.1, 0.15) is 0 Å². The highest BCUT2D eigenvalue weighted by atomic mass is 32.2. The molecular weight excluding hydrogens is 262 g/mol. The van der Waals surface area contributed by atoms with E-state index in [0.717, 1.165) is 19.3 Å². The van der Waals surface area contributed by atoms with Crippen LogP contribution in [0, 0.1) is 0 Å². The normalized spacial score (nSPS) is 20.6. The summed E-state index contributed by atoms with van der Waals surface area (Å²) in [5.41, 5.74) is 0.590. The van der Waals surface area contributed by atoms with Gasteiger partial charge in [0.2, 0.25) is 0 Å². The summed E-state index contributed by atoms with van der Waals surface area (Å²) in [6.45, 7) is 5.24. The first-order chi connectivity index (χ1) is 9.11. The van der Waals surface area contributed by atoms with Crippen LogP contribution < -0.4 is 5.32 Å². The first-order valence-corrected chi connectivity index (χ1v) is 8.26. The van der Waals surface area contributed by atoms with Crippen molar-refractivity contribution in [2.45, 2.75) is 44.2 Å². The molecule has 0 bridgehead atoms. The molecule has 106 valence electrons. The van der Waals surface area contributed by atoms with E-state index in [1.807, 2.05) is 13.8 Å². The molecule has 1 aromatic heterocycles. The summed E-state index contributed by atoms with van der Waals surface area (Å²) in [7, 11) is -3.49. The van der Waals surface area contributed by atoms with E-state index in [1.165, 1.54) is 6.20 Å². The topological polar surface area (TPSA) is 62.3 Å². The summed E-state index contributed by atoms with van der Waals surface area (Å²) in [6.07, 6.45) is 4.26. The summed E-state index contributed by atoms with van der Waals surface area (Å²) < 4.78 is 27.1. The highest BCUT2D eigenvalue weighted by Crippen LogP contribution is 2.29. The number of rotatable bonds is 5. The number of hydrogen-bond acceptors (Lipinski definition) is 4. The van der Waals surface area contributed by atoms with Crippen LogP contribution in [0.5, 0.6) is 0 Å². The minimum absolute atomic E-state index is 0.112. The number of nitrogens with one attached hydrogen (secondary N) is 1. The van der Waals surface area contributed by atoms with Gasteiger partial charge in [0.25, 0.3) is 10.0 Å². The molecule has 1 unspecified atom stereocenters. The molecule has 1 N–H and O–H groups in total. The molecular formula is C13H21N3O2S. The molecule has 0 saturated carbocycles. The van der Waals surface area contributed by atoms with E-state index in [2.05, 4.69) is 10.3 Å². The second-order valence-electron chi connectivity index (χ2n) is 4.71. The van der Waals surface area contributed by atoms with Gasteiger partial charge in [-0.25, -0.2) is 13.4 Å². The molecule has 1 atom stereocenters. The Morgan fingerprint density at radius 2 is 2.26 bits per heavy atom. The minimum Gasteiger partial charge on any atom is -0.383 e. The van der Waals surface area contributed by atoms with E-state index in [0.29, 0.717) is 18.8 Å². The van der Waals surface area contributed by atoms with Crippen LogP contribution in [-0.4, -0.2) is 36.8 Å². The van der Waals surface area contributed by atoms with Gasteiger partial charge in [-0.05, 0) is 38.3 Å². The third-order valence-electron chi connectivity index (χ3n) is 3.49. The lowest BCUT2D eigenvalue weighted by atomic mass is 10.2. The molecule has 6 heteroatoms. The van der Waals surface area contributed by atoms with Gasteiger partial charge in [0, 0.05) is 25.3 Å². The molecule has 2 rings (SSSR count). The molecule has 0 spiro atoms. The second-order valence-corrected chi connectivity index (χ2v) is 6.51. The minimum atomic E-state index is -3.49. The Bertz CT molecular complexity index is 530. The lowest BCUT2D eigenvalue weighted by molar-refractivity contribution is 0.378. The maximum absolute atomic E-state index is 12.7. The summed E-state index contributed by atoms with van der Waals surface area (Å²) in [4.78, 5) is 4.09. The number of nitrogens with zero attached hydrogens (tertiary/aromatic N) is 2. The van der Waals surface area contributed by atoms with Gasteiger partial charge in [-0.1, -0.05) is 6.92 Å². The van der Waals surface area contributed by atoms with Gasteiger partial charge in [-0.2, -0.15) is 4.31 Å². The van der Waals surface area contributed by atoms with Crippen molar-refractivity contribution in [2.24, 2.45) is 0 Å². The zero-order valence-corrected chi connectivity index (χ0v) is 12.3. The molecule has 1 aromatic rings. The van der Waals surface area contributed by atoms with Crippen LogP contribution >= 0.6 is 0 Å². The van der Waals surface area contributed by atoms with Gasteiger partial charge in [0.05, 0.1) is 5.69 Å². The standard InChI is InChI=1S/C13H21N3O2S/c1-3-11-7-6-10-16(11)19(17,18)13-12(14-4-2)8-5-9-15-13/h5,8-9,11,14H,3-4,6-7,10H2,1-2H3. The predicted octanol–water partition coefficient (Wildman–Crippen LogP) is 2.08. The average molecular weight is 283 g/mol. The lowest BCUT2D eigenvalue weighted by Crippen LogP contribution is -2.36. The van der Waals surface area contributed by atoms with Gasteiger partial charge >= 0.3 is 0 Å². The van der Waals surface area contributed by atoms with E-state index < -0.39 is 10.0 Å². The molecule has 0 aromatic carbocycles. The first kappa shape index (κ1) is 14.3. The smallest absolute Gasteiger partial charge is 0.262 e. The van der Waals surface area contributed by atoms with E-state index in [-0.39, 0.29) is 11.1 Å². The lowest BCUT2D eigenvalue weighted by Gasteiger charge is -2.23. The molecule has 1 fully saturated rings. The zero-order chi connectivity index (χ0) is 13.9. The molecule has 1 aliphatic heterocycles. The van der Waals surface area contributed by atoms with Crippen LogP contribution in [0.25, 0.3) is 0 Å².